The number of aliphatic hydroxyl groups excluding tert-OH is 1. The summed E-state index contributed by atoms with van der Waals surface area (Å²) in [5, 5.41) is 14.4. The number of carbonyl (C=O) groups is 1. The van der Waals surface area contributed by atoms with Gasteiger partial charge in [0.05, 0.1) is 6.04 Å². The SMILES string of the molecule is CC(C)(C)OC(=O)N[C@@H](CCO)c1cccc2ccccc12. The maximum Gasteiger partial charge on any atom is 0.408 e. The summed E-state index contributed by atoms with van der Waals surface area (Å²) in [4.78, 5) is 12.0. The summed E-state index contributed by atoms with van der Waals surface area (Å²) >= 11 is 0. The summed E-state index contributed by atoms with van der Waals surface area (Å²) in [5.74, 6) is 0. The fraction of sp³-hybridized carbons (Fsp3) is 0.389. The summed E-state index contributed by atoms with van der Waals surface area (Å²) in [6.07, 6.45) is -0.0355. The van der Waals surface area contributed by atoms with E-state index in [0.29, 0.717) is 6.42 Å². The standard InChI is InChI=1S/C18H23NO3/c1-18(2,3)22-17(21)19-16(11-12-20)15-10-6-8-13-7-4-5-9-14(13)15/h4-10,16,20H,11-12H2,1-3H3,(H,19,21)/t16-/m0/s1. The Kier molecular flexibility index (Phi) is 5.03. The van der Waals surface area contributed by atoms with Crippen LogP contribution in [0.5, 0.6) is 0 Å². The van der Waals surface area contributed by atoms with E-state index in [9.17, 15) is 9.90 Å². The minimum Gasteiger partial charge on any atom is -0.444 e. The molecule has 1 amide bonds. The average molecular weight is 301 g/mol. The lowest BCUT2D eigenvalue weighted by atomic mass is 9.97. The van der Waals surface area contributed by atoms with Crippen molar-refractivity contribution in [3.05, 3.63) is 48.0 Å². The third-order valence-electron chi connectivity index (χ3n) is 3.31. The monoisotopic (exact) mass is 301 g/mol. The fourth-order valence-electron chi connectivity index (χ4n) is 2.44. The van der Waals surface area contributed by atoms with E-state index in [-0.39, 0.29) is 12.6 Å². The molecule has 0 aliphatic rings. The van der Waals surface area contributed by atoms with Gasteiger partial charge >= 0.3 is 6.09 Å². The first kappa shape index (κ1) is 16.3. The van der Waals surface area contributed by atoms with E-state index in [1.165, 1.54) is 0 Å². The van der Waals surface area contributed by atoms with E-state index in [4.69, 9.17) is 4.74 Å². The summed E-state index contributed by atoms with van der Waals surface area (Å²) in [5.41, 5.74) is 0.435. The molecule has 0 saturated carbocycles. The Morgan fingerprint density at radius 1 is 1.18 bits per heavy atom. The molecular formula is C18H23NO3. The molecule has 4 nitrogen and oxygen atoms in total. The van der Waals surface area contributed by atoms with E-state index < -0.39 is 11.7 Å². The van der Waals surface area contributed by atoms with E-state index in [2.05, 4.69) is 5.32 Å². The molecule has 118 valence electrons. The number of aliphatic hydroxyl groups is 1. The van der Waals surface area contributed by atoms with Crippen LogP contribution >= 0.6 is 0 Å². The number of hydrogen-bond donors (Lipinski definition) is 2. The normalized spacial score (nSPS) is 12.9. The van der Waals surface area contributed by atoms with Crippen molar-refractivity contribution in [2.45, 2.75) is 38.8 Å². The molecule has 0 aliphatic carbocycles. The van der Waals surface area contributed by atoms with Gasteiger partial charge in [-0.25, -0.2) is 4.79 Å². The lowest BCUT2D eigenvalue weighted by molar-refractivity contribution is 0.0497. The highest BCUT2D eigenvalue weighted by atomic mass is 16.6. The number of hydrogen-bond acceptors (Lipinski definition) is 3. The molecule has 0 bridgehead atoms. The summed E-state index contributed by atoms with van der Waals surface area (Å²) in [7, 11) is 0. The molecule has 0 unspecified atom stereocenters. The fourth-order valence-corrected chi connectivity index (χ4v) is 2.44. The molecule has 0 saturated heterocycles. The first-order valence-corrected chi connectivity index (χ1v) is 7.49. The zero-order chi connectivity index (χ0) is 16.2. The van der Waals surface area contributed by atoms with Gasteiger partial charge in [0.1, 0.15) is 5.60 Å². The van der Waals surface area contributed by atoms with Crippen LogP contribution in [0.3, 0.4) is 0 Å². The highest BCUT2D eigenvalue weighted by molar-refractivity contribution is 5.86. The number of benzene rings is 2. The maximum absolute atomic E-state index is 12.0. The number of amides is 1. The van der Waals surface area contributed by atoms with Crippen molar-refractivity contribution < 1.29 is 14.6 Å². The van der Waals surface area contributed by atoms with Crippen molar-refractivity contribution >= 4 is 16.9 Å². The van der Waals surface area contributed by atoms with Crippen LogP contribution in [0.1, 0.15) is 38.8 Å². The molecule has 2 aromatic carbocycles. The van der Waals surface area contributed by atoms with Crippen molar-refractivity contribution in [1.29, 1.82) is 0 Å². The number of alkyl carbamates (subject to hydrolysis) is 1. The third-order valence-corrected chi connectivity index (χ3v) is 3.31. The van der Waals surface area contributed by atoms with Crippen molar-refractivity contribution in [2.75, 3.05) is 6.61 Å². The number of fused-ring (bicyclic) bond motifs is 1. The van der Waals surface area contributed by atoms with Crippen molar-refractivity contribution in [3.8, 4) is 0 Å². The summed E-state index contributed by atoms with van der Waals surface area (Å²) in [6.45, 7) is 5.46. The van der Waals surface area contributed by atoms with Crippen molar-refractivity contribution in [3.63, 3.8) is 0 Å². The van der Waals surface area contributed by atoms with Gasteiger partial charge in [-0.3, -0.25) is 0 Å². The molecule has 0 heterocycles. The van der Waals surface area contributed by atoms with Gasteiger partial charge in [-0.2, -0.15) is 0 Å². The Labute approximate surface area is 131 Å². The van der Waals surface area contributed by atoms with Crippen LogP contribution in [0.4, 0.5) is 4.79 Å². The molecule has 0 fully saturated rings. The second-order valence-corrected chi connectivity index (χ2v) is 6.28. The van der Waals surface area contributed by atoms with Crippen LogP contribution in [-0.2, 0) is 4.74 Å². The summed E-state index contributed by atoms with van der Waals surface area (Å²) in [6, 6.07) is 13.7. The number of rotatable bonds is 4. The number of carbonyl (C=O) groups excluding carboxylic acids is 1. The Hall–Kier alpha value is -2.07. The van der Waals surface area contributed by atoms with Crippen molar-refractivity contribution in [1.82, 2.24) is 5.32 Å². The minimum absolute atomic E-state index is 0.0102. The number of ether oxygens (including phenoxy) is 1. The Balaban J connectivity index is 2.28. The van der Waals surface area contributed by atoms with Gasteiger partial charge in [0, 0.05) is 6.61 Å². The molecule has 0 spiro atoms. The van der Waals surface area contributed by atoms with Gasteiger partial charge in [0.2, 0.25) is 0 Å². The van der Waals surface area contributed by atoms with Gasteiger partial charge in [0.15, 0.2) is 0 Å². The van der Waals surface area contributed by atoms with Crippen LogP contribution in [-0.4, -0.2) is 23.4 Å². The third kappa shape index (κ3) is 4.21. The minimum atomic E-state index is -0.549. The van der Waals surface area contributed by atoms with Crippen molar-refractivity contribution in [2.24, 2.45) is 0 Å². The lowest BCUT2D eigenvalue weighted by Crippen LogP contribution is -2.35. The second kappa shape index (κ2) is 6.79. The van der Waals surface area contributed by atoms with Gasteiger partial charge in [-0.1, -0.05) is 42.5 Å². The second-order valence-electron chi connectivity index (χ2n) is 6.28. The smallest absolute Gasteiger partial charge is 0.408 e. The molecular weight excluding hydrogens is 278 g/mol. The molecule has 0 aliphatic heterocycles. The molecule has 4 heteroatoms. The Morgan fingerprint density at radius 2 is 1.86 bits per heavy atom. The molecule has 2 rings (SSSR count). The maximum atomic E-state index is 12.0. The van der Waals surface area contributed by atoms with Crippen LogP contribution in [0.15, 0.2) is 42.5 Å². The van der Waals surface area contributed by atoms with Gasteiger partial charge in [-0.15, -0.1) is 0 Å². The molecule has 0 radical (unpaired) electrons. The number of nitrogens with one attached hydrogen (secondary N) is 1. The van der Waals surface area contributed by atoms with Crippen LogP contribution in [0.25, 0.3) is 10.8 Å². The summed E-state index contributed by atoms with van der Waals surface area (Å²) < 4.78 is 5.32. The highest BCUT2D eigenvalue weighted by Gasteiger charge is 2.21. The van der Waals surface area contributed by atoms with Crippen LogP contribution in [0.2, 0.25) is 0 Å². The van der Waals surface area contributed by atoms with Gasteiger partial charge < -0.3 is 15.2 Å². The molecule has 1 atom stereocenters. The van der Waals surface area contributed by atoms with E-state index in [1.54, 1.807) is 0 Å². The van der Waals surface area contributed by atoms with Crippen LogP contribution < -0.4 is 5.32 Å². The average Bonchev–Trinajstić information content (AvgIpc) is 2.44. The van der Waals surface area contributed by atoms with Gasteiger partial charge in [-0.05, 0) is 43.5 Å². The topological polar surface area (TPSA) is 58.6 Å². The predicted molar refractivity (Wildman–Crippen MR) is 87.8 cm³/mol. The quantitative estimate of drug-likeness (QED) is 0.903. The zero-order valence-corrected chi connectivity index (χ0v) is 13.3. The Morgan fingerprint density at radius 3 is 2.55 bits per heavy atom. The molecule has 2 aromatic rings. The van der Waals surface area contributed by atoms with Crippen LogP contribution in [0, 0.1) is 0 Å². The first-order chi connectivity index (χ1) is 10.4. The van der Waals surface area contributed by atoms with E-state index >= 15 is 0 Å². The first-order valence-electron chi connectivity index (χ1n) is 7.49. The van der Waals surface area contributed by atoms with Gasteiger partial charge in [0.25, 0.3) is 0 Å². The lowest BCUT2D eigenvalue weighted by Gasteiger charge is -2.24. The largest absolute Gasteiger partial charge is 0.444 e. The highest BCUT2D eigenvalue weighted by Crippen LogP contribution is 2.26. The Bertz CT molecular complexity index is 641. The molecule has 2 N–H and O–H groups in total. The zero-order valence-electron chi connectivity index (χ0n) is 13.3. The molecule has 22 heavy (non-hydrogen) atoms. The van der Waals surface area contributed by atoms with E-state index in [1.807, 2.05) is 63.2 Å². The molecule has 0 aromatic heterocycles. The predicted octanol–water partition coefficient (Wildman–Crippen LogP) is 3.79. The van der Waals surface area contributed by atoms with E-state index in [0.717, 1.165) is 16.3 Å².